The van der Waals surface area contributed by atoms with Gasteiger partial charge in [0.2, 0.25) is 0 Å². The lowest BCUT2D eigenvalue weighted by molar-refractivity contribution is -0.0289. The summed E-state index contributed by atoms with van der Waals surface area (Å²) in [5.74, 6) is 2.50. The zero-order valence-corrected chi connectivity index (χ0v) is 17.9. The first kappa shape index (κ1) is 22.7. The molecule has 0 heterocycles. The van der Waals surface area contributed by atoms with Gasteiger partial charge in [0.25, 0.3) is 0 Å². The van der Waals surface area contributed by atoms with Crippen molar-refractivity contribution in [3.63, 3.8) is 0 Å². The van der Waals surface area contributed by atoms with E-state index in [9.17, 15) is 10.2 Å². The van der Waals surface area contributed by atoms with Crippen LogP contribution >= 0.6 is 0 Å². The number of rotatable bonds is 3. The molecule has 0 bridgehead atoms. The summed E-state index contributed by atoms with van der Waals surface area (Å²) >= 11 is 0. The molecule has 0 aliphatic heterocycles. The Morgan fingerprint density at radius 2 is 1.72 bits per heavy atom. The van der Waals surface area contributed by atoms with Gasteiger partial charge >= 0.3 is 0 Å². The summed E-state index contributed by atoms with van der Waals surface area (Å²) in [5, 5.41) is 20.4. The normalized spacial score (nSPS) is 43.4. The van der Waals surface area contributed by atoms with E-state index in [0.717, 1.165) is 18.8 Å². The molecule has 0 aromatic rings. The molecule has 0 amide bonds. The van der Waals surface area contributed by atoms with E-state index >= 15 is 0 Å². The quantitative estimate of drug-likeness (QED) is 0.614. The van der Waals surface area contributed by atoms with Gasteiger partial charge in [0.15, 0.2) is 0 Å². The fourth-order valence-corrected chi connectivity index (χ4v) is 5.94. The van der Waals surface area contributed by atoms with Crippen molar-refractivity contribution in [2.24, 2.45) is 29.1 Å². The number of aliphatic hydroxyl groups is 2. The van der Waals surface area contributed by atoms with Gasteiger partial charge in [0.1, 0.15) is 0 Å². The topological polar surface area (TPSA) is 40.5 Å². The first-order chi connectivity index (χ1) is 11.8. The van der Waals surface area contributed by atoms with E-state index in [-0.39, 0.29) is 6.10 Å². The minimum absolute atomic E-state index is 0.0620. The third kappa shape index (κ3) is 5.10. The molecular formula is C23H44O2. The van der Waals surface area contributed by atoms with Gasteiger partial charge in [-0.25, -0.2) is 0 Å². The van der Waals surface area contributed by atoms with Crippen LogP contribution < -0.4 is 0 Å². The molecule has 7 atom stereocenters. The number of aliphatic hydroxyl groups excluding tert-OH is 1. The van der Waals surface area contributed by atoms with Crippen LogP contribution in [0.5, 0.6) is 0 Å². The van der Waals surface area contributed by atoms with Gasteiger partial charge in [-0.15, -0.1) is 0 Å². The Bertz CT molecular complexity index is 414. The molecule has 7 unspecified atom stereocenters. The van der Waals surface area contributed by atoms with E-state index in [2.05, 4.69) is 19.9 Å². The van der Waals surface area contributed by atoms with Crippen molar-refractivity contribution in [3.05, 3.63) is 12.2 Å². The molecule has 2 heteroatoms. The Kier molecular flexibility index (Phi) is 8.67. The highest BCUT2D eigenvalue weighted by Crippen LogP contribution is 2.58. The molecule has 3 rings (SSSR count). The Balaban J connectivity index is 0.000000730. The van der Waals surface area contributed by atoms with Gasteiger partial charge < -0.3 is 10.2 Å². The molecule has 0 aromatic carbocycles. The average molecular weight is 353 g/mol. The second kappa shape index (κ2) is 9.55. The lowest BCUT2D eigenvalue weighted by Gasteiger charge is -2.45. The van der Waals surface area contributed by atoms with Crippen molar-refractivity contribution in [3.8, 4) is 0 Å². The summed E-state index contributed by atoms with van der Waals surface area (Å²) in [4.78, 5) is 0. The Hall–Kier alpha value is -0.340. The molecule has 25 heavy (non-hydrogen) atoms. The van der Waals surface area contributed by atoms with Gasteiger partial charge in [-0.1, -0.05) is 60.1 Å². The van der Waals surface area contributed by atoms with Gasteiger partial charge in [0.05, 0.1) is 11.7 Å². The predicted octanol–water partition coefficient (Wildman–Crippen LogP) is 5.97. The van der Waals surface area contributed by atoms with E-state index in [4.69, 9.17) is 0 Å². The maximum atomic E-state index is 10.4. The summed E-state index contributed by atoms with van der Waals surface area (Å²) in [7, 11) is 0. The van der Waals surface area contributed by atoms with Crippen molar-refractivity contribution in [2.45, 2.75) is 105 Å². The smallest absolute Gasteiger partial charge is 0.0805 e. The first-order valence-corrected chi connectivity index (χ1v) is 10.9. The van der Waals surface area contributed by atoms with E-state index in [0.29, 0.717) is 23.2 Å². The van der Waals surface area contributed by atoms with Crippen LogP contribution in [-0.4, -0.2) is 21.9 Å². The minimum atomic E-state index is -0.590. The van der Waals surface area contributed by atoms with Crippen molar-refractivity contribution in [1.82, 2.24) is 0 Å². The SMILES string of the molecule is CC.CC.CC(CC1C=CC(C)(O)C1)C1CCC2C(O)CCCC12C. The number of fused-ring (bicyclic) bond motifs is 1. The summed E-state index contributed by atoms with van der Waals surface area (Å²) in [5.41, 5.74) is -0.241. The maximum absolute atomic E-state index is 10.4. The summed E-state index contributed by atoms with van der Waals surface area (Å²) in [6, 6.07) is 0. The number of allylic oxidation sites excluding steroid dienone is 1. The highest BCUT2D eigenvalue weighted by atomic mass is 16.3. The molecule has 0 saturated heterocycles. The molecule has 2 nitrogen and oxygen atoms in total. The predicted molar refractivity (Wildman–Crippen MR) is 109 cm³/mol. The number of hydrogen-bond donors (Lipinski definition) is 2. The lowest BCUT2D eigenvalue weighted by Crippen LogP contribution is -2.41. The molecule has 0 spiro atoms. The average Bonchev–Trinajstić information content (AvgIpc) is 3.11. The van der Waals surface area contributed by atoms with Crippen LogP contribution in [0, 0.1) is 29.1 Å². The van der Waals surface area contributed by atoms with Crippen LogP contribution in [-0.2, 0) is 0 Å². The zero-order valence-electron chi connectivity index (χ0n) is 17.9. The largest absolute Gasteiger partial charge is 0.393 e. The molecule has 3 aliphatic carbocycles. The molecule has 148 valence electrons. The van der Waals surface area contributed by atoms with Crippen LogP contribution in [0.25, 0.3) is 0 Å². The monoisotopic (exact) mass is 352 g/mol. The molecule has 3 aliphatic rings. The van der Waals surface area contributed by atoms with Crippen molar-refractivity contribution >= 4 is 0 Å². The standard InChI is InChI=1S/C19H32O2.2C2H6/c1-13(11-14-8-10-18(2,21)12-14)15-6-7-16-17(20)5-4-9-19(15,16)3;2*1-2/h8,10,13-17,20-21H,4-7,9,11-12H2,1-3H3;2*1-2H3. The fraction of sp³-hybridized carbons (Fsp3) is 0.913. The van der Waals surface area contributed by atoms with Crippen molar-refractivity contribution in [1.29, 1.82) is 0 Å². The van der Waals surface area contributed by atoms with Crippen LogP contribution in [0.2, 0.25) is 0 Å². The summed E-state index contributed by atoms with van der Waals surface area (Å²) in [6.45, 7) is 14.8. The minimum Gasteiger partial charge on any atom is -0.393 e. The maximum Gasteiger partial charge on any atom is 0.0805 e. The van der Waals surface area contributed by atoms with E-state index in [1.54, 1.807) is 0 Å². The summed E-state index contributed by atoms with van der Waals surface area (Å²) in [6.07, 6.45) is 12.2. The first-order valence-electron chi connectivity index (χ1n) is 10.9. The molecule has 0 radical (unpaired) electrons. The van der Waals surface area contributed by atoms with E-state index < -0.39 is 5.60 Å². The second-order valence-corrected chi connectivity index (χ2v) is 8.65. The van der Waals surface area contributed by atoms with Gasteiger partial charge in [0, 0.05) is 0 Å². The van der Waals surface area contributed by atoms with Crippen LogP contribution in [0.1, 0.15) is 93.4 Å². The molecule has 2 saturated carbocycles. The van der Waals surface area contributed by atoms with Crippen LogP contribution in [0.3, 0.4) is 0 Å². The fourth-order valence-electron chi connectivity index (χ4n) is 5.94. The Morgan fingerprint density at radius 1 is 1.08 bits per heavy atom. The van der Waals surface area contributed by atoms with Gasteiger partial charge in [-0.2, -0.15) is 0 Å². The third-order valence-electron chi connectivity index (χ3n) is 6.93. The zero-order chi connectivity index (χ0) is 19.3. The van der Waals surface area contributed by atoms with Gasteiger partial charge in [-0.3, -0.25) is 0 Å². The van der Waals surface area contributed by atoms with Gasteiger partial charge in [-0.05, 0) is 74.5 Å². The molecule has 2 fully saturated rings. The molecule has 0 aromatic heterocycles. The molecular weight excluding hydrogens is 308 g/mol. The third-order valence-corrected chi connectivity index (χ3v) is 6.93. The highest BCUT2D eigenvalue weighted by Gasteiger charge is 2.52. The van der Waals surface area contributed by atoms with Crippen molar-refractivity contribution < 1.29 is 10.2 Å². The summed E-state index contributed by atoms with van der Waals surface area (Å²) < 4.78 is 0. The van der Waals surface area contributed by atoms with Crippen LogP contribution in [0.15, 0.2) is 12.2 Å². The lowest BCUT2D eigenvalue weighted by atomic mass is 9.61. The highest BCUT2D eigenvalue weighted by molar-refractivity contribution is 5.11. The molecule has 2 N–H and O–H groups in total. The number of hydrogen-bond acceptors (Lipinski definition) is 2. The van der Waals surface area contributed by atoms with E-state index in [1.807, 2.05) is 40.7 Å². The van der Waals surface area contributed by atoms with Crippen molar-refractivity contribution in [2.75, 3.05) is 0 Å². The second-order valence-electron chi connectivity index (χ2n) is 8.65. The Morgan fingerprint density at radius 3 is 2.28 bits per heavy atom. The Labute approximate surface area is 157 Å². The van der Waals surface area contributed by atoms with Crippen LogP contribution in [0.4, 0.5) is 0 Å². The van der Waals surface area contributed by atoms with E-state index in [1.165, 1.54) is 32.1 Å².